The van der Waals surface area contributed by atoms with E-state index < -0.39 is 35.6 Å². The third-order valence-electron chi connectivity index (χ3n) is 8.28. The molecule has 11 nitrogen and oxygen atoms in total. The molecule has 1 spiro atoms. The molecule has 2 bridgehead atoms. The van der Waals surface area contributed by atoms with Crippen LogP contribution in [0.25, 0.3) is 0 Å². The normalized spacial score (nSPS) is 32.7. The van der Waals surface area contributed by atoms with Crippen LogP contribution in [0.5, 0.6) is 5.75 Å². The second kappa shape index (κ2) is 11.7. The van der Waals surface area contributed by atoms with E-state index in [2.05, 4.69) is 31.5 Å². The number of rotatable bonds is 10. The van der Waals surface area contributed by atoms with E-state index in [1.807, 2.05) is 6.92 Å². The maximum Gasteiger partial charge on any atom is 0.245 e. The van der Waals surface area contributed by atoms with Crippen molar-refractivity contribution in [1.29, 1.82) is 0 Å². The Kier molecular flexibility index (Phi) is 8.48. The van der Waals surface area contributed by atoms with Gasteiger partial charge in [0.25, 0.3) is 0 Å². The number of nitrogens with zero attached hydrogens (tertiary/aromatic N) is 2. The molecule has 4 saturated heterocycles. The SMILES string of the molecule is CCOc1ccc(NC(=O)[C@H]2[C@H]3C(=O)N([C@H](C)CO)C(C(=O)NCCN4CCOCC4)C34CC(Br)[C@@H]2O4)cc1. The number of anilines is 1. The van der Waals surface area contributed by atoms with Crippen LogP contribution in [0.15, 0.2) is 24.3 Å². The van der Waals surface area contributed by atoms with Gasteiger partial charge in [0.1, 0.15) is 17.4 Å². The molecular weight excluding hydrogens is 572 g/mol. The number of morpholine rings is 1. The molecule has 3 amide bonds. The second-order valence-corrected chi connectivity index (χ2v) is 11.8. The van der Waals surface area contributed by atoms with Gasteiger partial charge < -0.3 is 34.9 Å². The Balaban J connectivity index is 1.36. The largest absolute Gasteiger partial charge is 0.494 e. The topological polar surface area (TPSA) is 130 Å². The minimum atomic E-state index is -1.16. The maximum absolute atomic E-state index is 13.9. The summed E-state index contributed by atoms with van der Waals surface area (Å²) in [5.74, 6) is -1.92. The number of likely N-dealkylation sites (tertiary alicyclic amines) is 1. The number of nitrogens with one attached hydrogen (secondary N) is 2. The Morgan fingerprint density at radius 2 is 1.95 bits per heavy atom. The van der Waals surface area contributed by atoms with Crippen LogP contribution in [0.4, 0.5) is 5.69 Å². The molecule has 5 rings (SSSR count). The molecule has 12 heteroatoms. The molecule has 214 valence electrons. The van der Waals surface area contributed by atoms with Crippen LogP contribution in [0.2, 0.25) is 0 Å². The van der Waals surface area contributed by atoms with Gasteiger partial charge in [0.05, 0.1) is 50.4 Å². The number of ether oxygens (including phenoxy) is 3. The highest BCUT2D eigenvalue weighted by atomic mass is 79.9. The molecule has 3 unspecified atom stereocenters. The lowest BCUT2D eigenvalue weighted by atomic mass is 9.70. The summed E-state index contributed by atoms with van der Waals surface area (Å²) in [6, 6.07) is 5.48. The van der Waals surface area contributed by atoms with E-state index >= 15 is 0 Å². The summed E-state index contributed by atoms with van der Waals surface area (Å²) in [5, 5.41) is 15.9. The first-order valence-electron chi connectivity index (χ1n) is 13.7. The quantitative estimate of drug-likeness (QED) is 0.329. The smallest absolute Gasteiger partial charge is 0.245 e. The van der Waals surface area contributed by atoms with Crippen LogP contribution in [-0.2, 0) is 23.9 Å². The van der Waals surface area contributed by atoms with Crippen molar-refractivity contribution in [1.82, 2.24) is 15.1 Å². The van der Waals surface area contributed by atoms with Gasteiger partial charge in [-0.3, -0.25) is 19.3 Å². The van der Waals surface area contributed by atoms with Crippen molar-refractivity contribution in [3.63, 3.8) is 0 Å². The summed E-state index contributed by atoms with van der Waals surface area (Å²) in [6.45, 7) is 7.85. The van der Waals surface area contributed by atoms with Crippen LogP contribution >= 0.6 is 15.9 Å². The van der Waals surface area contributed by atoms with Crippen LogP contribution in [0, 0.1) is 11.8 Å². The Morgan fingerprint density at radius 3 is 2.62 bits per heavy atom. The van der Waals surface area contributed by atoms with Gasteiger partial charge in [-0.05, 0) is 44.5 Å². The zero-order chi connectivity index (χ0) is 27.7. The summed E-state index contributed by atoms with van der Waals surface area (Å²) in [5.41, 5.74) is -0.585. The summed E-state index contributed by atoms with van der Waals surface area (Å²) < 4.78 is 17.3. The van der Waals surface area contributed by atoms with Crippen LogP contribution < -0.4 is 15.4 Å². The fourth-order valence-corrected chi connectivity index (χ4v) is 7.46. The number of hydrogen-bond acceptors (Lipinski definition) is 8. The number of amides is 3. The highest BCUT2D eigenvalue weighted by molar-refractivity contribution is 9.09. The van der Waals surface area contributed by atoms with Gasteiger partial charge in [-0.2, -0.15) is 0 Å². The average molecular weight is 610 g/mol. The number of hydrogen-bond donors (Lipinski definition) is 3. The average Bonchev–Trinajstić information content (AvgIpc) is 3.53. The van der Waals surface area contributed by atoms with Crippen LogP contribution in [-0.4, -0.2) is 114 Å². The van der Waals surface area contributed by atoms with Gasteiger partial charge in [0, 0.05) is 36.7 Å². The van der Waals surface area contributed by atoms with Crippen molar-refractivity contribution in [2.24, 2.45) is 11.8 Å². The molecule has 4 fully saturated rings. The monoisotopic (exact) mass is 608 g/mol. The Morgan fingerprint density at radius 1 is 1.23 bits per heavy atom. The molecule has 4 heterocycles. The number of fused-ring (bicyclic) bond motifs is 1. The number of carbonyl (C=O) groups is 3. The van der Waals surface area contributed by atoms with Gasteiger partial charge in [-0.15, -0.1) is 0 Å². The molecule has 0 saturated carbocycles. The zero-order valence-electron chi connectivity index (χ0n) is 22.3. The van der Waals surface area contributed by atoms with E-state index in [4.69, 9.17) is 14.2 Å². The Hall–Kier alpha value is -2.25. The highest BCUT2D eigenvalue weighted by Gasteiger charge is 2.76. The fraction of sp³-hybridized carbons (Fsp3) is 0.667. The fourth-order valence-electron chi connectivity index (χ4n) is 6.51. The summed E-state index contributed by atoms with van der Waals surface area (Å²) in [7, 11) is 0. The van der Waals surface area contributed by atoms with E-state index in [1.54, 1.807) is 31.2 Å². The van der Waals surface area contributed by atoms with Gasteiger partial charge >= 0.3 is 0 Å². The molecule has 0 aromatic heterocycles. The lowest BCUT2D eigenvalue weighted by molar-refractivity contribution is -0.144. The number of alkyl halides is 1. The van der Waals surface area contributed by atoms with Crippen LogP contribution in [0.3, 0.4) is 0 Å². The lowest BCUT2D eigenvalue weighted by Crippen LogP contribution is -2.58. The standard InChI is InChI=1S/C27H37BrN4O7/c1-3-38-18-6-4-17(5-7-18)30-24(34)20-21-26(36)32(16(2)15-33)23(27(21)14-19(28)22(20)39-27)25(35)29-8-9-31-10-12-37-13-11-31/h4-7,16,19-23,33H,3,8-15H2,1-2H3,(H,29,35)(H,30,34)/t16-,19?,20+,21+,22+,23?,27?/m1/s1. The molecule has 0 radical (unpaired) electrons. The van der Waals surface area contributed by atoms with E-state index in [-0.39, 0.29) is 29.2 Å². The van der Waals surface area contributed by atoms with Crippen molar-refractivity contribution < 1.29 is 33.7 Å². The predicted octanol–water partition coefficient (Wildman–Crippen LogP) is 0.601. The number of halogens is 1. The van der Waals surface area contributed by atoms with E-state index in [9.17, 15) is 19.5 Å². The first-order valence-corrected chi connectivity index (χ1v) is 14.6. The molecule has 7 atom stereocenters. The van der Waals surface area contributed by atoms with E-state index in [0.717, 1.165) is 13.1 Å². The molecule has 4 aliphatic heterocycles. The minimum Gasteiger partial charge on any atom is -0.494 e. The Bertz CT molecular complexity index is 1070. The van der Waals surface area contributed by atoms with Gasteiger partial charge in [0.15, 0.2) is 0 Å². The zero-order valence-corrected chi connectivity index (χ0v) is 23.9. The van der Waals surface area contributed by atoms with Crippen molar-refractivity contribution in [3.8, 4) is 5.75 Å². The van der Waals surface area contributed by atoms with E-state index in [1.165, 1.54) is 4.90 Å². The number of benzene rings is 1. The molecule has 1 aromatic carbocycles. The summed E-state index contributed by atoms with van der Waals surface area (Å²) in [6.07, 6.45) is -0.145. The van der Waals surface area contributed by atoms with E-state index in [0.29, 0.717) is 50.8 Å². The number of aliphatic hydroxyl groups excluding tert-OH is 1. The number of aliphatic hydroxyl groups is 1. The number of carbonyl (C=O) groups excluding carboxylic acids is 3. The van der Waals surface area contributed by atoms with Crippen molar-refractivity contribution >= 4 is 39.3 Å². The lowest BCUT2D eigenvalue weighted by Gasteiger charge is -2.36. The third kappa shape index (κ3) is 5.17. The van der Waals surface area contributed by atoms with Crippen molar-refractivity contribution in [2.75, 3.05) is 57.9 Å². The van der Waals surface area contributed by atoms with Crippen LogP contribution in [0.1, 0.15) is 20.3 Å². The van der Waals surface area contributed by atoms with Gasteiger partial charge in [-0.25, -0.2) is 0 Å². The molecule has 39 heavy (non-hydrogen) atoms. The first-order chi connectivity index (χ1) is 18.8. The van der Waals surface area contributed by atoms with Crippen molar-refractivity contribution in [2.45, 2.75) is 48.9 Å². The summed E-state index contributed by atoms with van der Waals surface area (Å²) in [4.78, 5) is 44.7. The predicted molar refractivity (Wildman–Crippen MR) is 146 cm³/mol. The highest BCUT2D eigenvalue weighted by Crippen LogP contribution is 2.60. The van der Waals surface area contributed by atoms with Crippen molar-refractivity contribution in [3.05, 3.63) is 24.3 Å². The molecule has 3 N–H and O–H groups in total. The molecule has 4 aliphatic rings. The molecule has 0 aliphatic carbocycles. The maximum atomic E-state index is 13.9. The van der Waals surface area contributed by atoms with Gasteiger partial charge in [0.2, 0.25) is 17.7 Å². The second-order valence-electron chi connectivity index (χ2n) is 10.6. The molecule has 1 aromatic rings. The summed E-state index contributed by atoms with van der Waals surface area (Å²) >= 11 is 3.67. The first kappa shape index (κ1) is 28.3. The minimum absolute atomic E-state index is 0.203. The third-order valence-corrected chi connectivity index (χ3v) is 9.13. The van der Waals surface area contributed by atoms with Gasteiger partial charge in [-0.1, -0.05) is 15.9 Å². The Labute approximate surface area is 236 Å². The molecular formula is C27H37BrN4O7.